The molecule has 2 heterocycles. The van der Waals surface area contributed by atoms with Gasteiger partial charge in [-0.1, -0.05) is 6.07 Å². The van der Waals surface area contributed by atoms with Crippen molar-refractivity contribution < 1.29 is 9.47 Å². The fourth-order valence-corrected chi connectivity index (χ4v) is 3.59. The summed E-state index contributed by atoms with van der Waals surface area (Å²) in [4.78, 5) is 11.3. The van der Waals surface area contributed by atoms with Gasteiger partial charge >= 0.3 is 0 Å². The maximum Gasteiger partial charge on any atom is 0.224 e. The minimum absolute atomic E-state index is 0.445. The summed E-state index contributed by atoms with van der Waals surface area (Å²) in [5, 5.41) is 2.93. The Morgan fingerprint density at radius 3 is 2.61 bits per heavy atom. The van der Waals surface area contributed by atoms with Crippen molar-refractivity contribution in [2.45, 2.75) is 33.1 Å². The molecule has 1 aliphatic heterocycles. The van der Waals surface area contributed by atoms with Crippen LogP contribution in [0.3, 0.4) is 0 Å². The van der Waals surface area contributed by atoms with E-state index in [1.54, 1.807) is 7.05 Å². The van der Waals surface area contributed by atoms with E-state index in [-0.39, 0.29) is 0 Å². The van der Waals surface area contributed by atoms with Gasteiger partial charge in [-0.15, -0.1) is 0 Å². The molecule has 0 spiro atoms. The van der Waals surface area contributed by atoms with Crippen molar-refractivity contribution in [2.75, 3.05) is 50.9 Å². The molecule has 0 unspecified atom stereocenters. The Morgan fingerprint density at radius 2 is 1.93 bits per heavy atom. The van der Waals surface area contributed by atoms with Crippen LogP contribution in [0.4, 0.5) is 11.8 Å². The molecule has 28 heavy (non-hydrogen) atoms. The number of benzene rings is 1. The lowest BCUT2D eigenvalue weighted by Crippen LogP contribution is -2.22. The number of hydrogen-bond donors (Lipinski definition) is 2. The second-order valence-electron chi connectivity index (χ2n) is 6.99. The van der Waals surface area contributed by atoms with Gasteiger partial charge in [0.15, 0.2) is 11.5 Å². The van der Waals surface area contributed by atoms with Crippen molar-refractivity contribution in [3.63, 3.8) is 0 Å². The fraction of sp³-hybridized carbons (Fsp3) is 0.524. The molecule has 3 rings (SSSR count). The highest BCUT2D eigenvalue weighted by Gasteiger charge is 2.15. The van der Waals surface area contributed by atoms with Crippen molar-refractivity contribution >= 4 is 11.8 Å². The summed E-state index contributed by atoms with van der Waals surface area (Å²) in [6.45, 7) is 8.64. The zero-order chi connectivity index (χ0) is 19.9. The number of ether oxygens (including phenoxy) is 2. The van der Waals surface area contributed by atoms with E-state index < -0.39 is 0 Å². The third kappa shape index (κ3) is 4.84. The van der Waals surface area contributed by atoms with Crippen LogP contribution < -0.4 is 20.5 Å². The normalized spacial score (nSPS) is 14.2. The molecule has 0 saturated carbocycles. The van der Waals surface area contributed by atoms with Crippen LogP contribution in [-0.2, 0) is 0 Å². The summed E-state index contributed by atoms with van der Waals surface area (Å²) < 4.78 is 11.8. The van der Waals surface area contributed by atoms with Crippen LogP contribution in [0.25, 0.3) is 11.1 Å². The summed E-state index contributed by atoms with van der Waals surface area (Å²) in [7, 11) is 1.78. The zero-order valence-corrected chi connectivity index (χ0v) is 17.1. The van der Waals surface area contributed by atoms with Crippen molar-refractivity contribution in [1.29, 1.82) is 0 Å². The lowest BCUT2D eigenvalue weighted by atomic mass is 10.0. The smallest absolute Gasteiger partial charge is 0.224 e. The van der Waals surface area contributed by atoms with Crippen molar-refractivity contribution in [3.05, 3.63) is 23.9 Å². The first-order valence-corrected chi connectivity index (χ1v) is 10.1. The summed E-state index contributed by atoms with van der Waals surface area (Å²) in [6.07, 6.45) is 3.62. The predicted molar refractivity (Wildman–Crippen MR) is 113 cm³/mol. The molecular weight excluding hydrogens is 354 g/mol. The van der Waals surface area contributed by atoms with Gasteiger partial charge in [0.05, 0.1) is 18.9 Å². The van der Waals surface area contributed by atoms with Crippen molar-refractivity contribution in [3.8, 4) is 22.6 Å². The Morgan fingerprint density at radius 1 is 1.14 bits per heavy atom. The third-order valence-electron chi connectivity index (χ3n) is 4.95. The molecule has 0 radical (unpaired) electrons. The van der Waals surface area contributed by atoms with Crippen LogP contribution in [0.2, 0.25) is 0 Å². The first-order valence-electron chi connectivity index (χ1n) is 10.1. The van der Waals surface area contributed by atoms with Crippen molar-refractivity contribution in [1.82, 2.24) is 14.9 Å². The largest absolute Gasteiger partial charge is 0.490 e. The molecule has 0 aliphatic carbocycles. The van der Waals surface area contributed by atoms with E-state index in [1.165, 1.54) is 25.9 Å². The van der Waals surface area contributed by atoms with E-state index in [0.717, 1.165) is 41.3 Å². The average molecular weight is 386 g/mol. The van der Waals surface area contributed by atoms with Gasteiger partial charge in [-0.3, -0.25) is 0 Å². The van der Waals surface area contributed by atoms with E-state index in [9.17, 15) is 0 Å². The fourth-order valence-electron chi connectivity index (χ4n) is 3.59. The number of hydrogen-bond acceptors (Lipinski definition) is 7. The molecule has 2 aromatic rings. The van der Waals surface area contributed by atoms with Crippen LogP contribution in [0.1, 0.15) is 31.9 Å². The van der Waals surface area contributed by atoms with Crippen LogP contribution in [0.15, 0.2) is 18.2 Å². The third-order valence-corrected chi connectivity index (χ3v) is 4.95. The van der Waals surface area contributed by atoms with Gasteiger partial charge in [-0.2, -0.15) is 4.98 Å². The SMILES string of the molecule is CCOc1ccc(-c2c(C)nc(NC)nc2N)cc1OCCCN1CCCC1. The number of anilines is 2. The van der Waals surface area contributed by atoms with Crippen LogP contribution in [-0.4, -0.2) is 54.8 Å². The van der Waals surface area contributed by atoms with Gasteiger partial charge in [-0.25, -0.2) is 4.98 Å². The maximum atomic E-state index is 6.20. The maximum absolute atomic E-state index is 6.20. The average Bonchev–Trinajstić information content (AvgIpc) is 3.20. The lowest BCUT2D eigenvalue weighted by molar-refractivity contribution is 0.248. The molecule has 7 nitrogen and oxygen atoms in total. The Labute approximate surface area is 167 Å². The highest BCUT2D eigenvalue weighted by molar-refractivity contribution is 5.78. The number of likely N-dealkylation sites (tertiary alicyclic amines) is 1. The number of nitrogens with zero attached hydrogens (tertiary/aromatic N) is 3. The Hall–Kier alpha value is -2.54. The molecule has 0 atom stereocenters. The number of aromatic nitrogens is 2. The number of nitrogens with one attached hydrogen (secondary N) is 1. The second kappa shape index (κ2) is 9.59. The molecule has 7 heteroatoms. The van der Waals surface area contributed by atoms with Gasteiger partial charge in [0.2, 0.25) is 5.95 Å². The lowest BCUT2D eigenvalue weighted by Gasteiger charge is -2.17. The van der Waals surface area contributed by atoms with Crippen molar-refractivity contribution in [2.24, 2.45) is 0 Å². The van der Waals surface area contributed by atoms with Crippen LogP contribution in [0, 0.1) is 6.92 Å². The monoisotopic (exact) mass is 385 g/mol. The highest BCUT2D eigenvalue weighted by Crippen LogP contribution is 2.36. The minimum Gasteiger partial charge on any atom is -0.490 e. The van der Waals surface area contributed by atoms with Crippen LogP contribution in [0.5, 0.6) is 11.5 Å². The first kappa shape index (κ1) is 20.2. The minimum atomic E-state index is 0.445. The van der Waals surface area contributed by atoms with Gasteiger partial charge in [-0.05, 0) is 63.9 Å². The number of nitrogens with two attached hydrogens (primary N) is 1. The van der Waals surface area contributed by atoms with E-state index in [0.29, 0.717) is 25.0 Å². The van der Waals surface area contributed by atoms with Gasteiger partial charge < -0.3 is 25.4 Å². The summed E-state index contributed by atoms with van der Waals surface area (Å²) in [5.74, 6) is 2.44. The number of aryl methyl sites for hydroxylation is 1. The molecule has 1 aliphatic rings. The molecule has 0 bridgehead atoms. The quantitative estimate of drug-likeness (QED) is 0.640. The Balaban J connectivity index is 1.77. The summed E-state index contributed by atoms with van der Waals surface area (Å²) >= 11 is 0. The number of rotatable bonds is 9. The topological polar surface area (TPSA) is 85.5 Å². The molecule has 152 valence electrons. The predicted octanol–water partition coefficient (Wildman–Crippen LogP) is 3.34. The van der Waals surface area contributed by atoms with Gasteiger partial charge in [0, 0.05) is 19.2 Å². The number of nitrogen functional groups attached to an aromatic ring is 1. The molecule has 1 saturated heterocycles. The molecular formula is C21H31N5O2. The van der Waals surface area contributed by atoms with Crippen LogP contribution >= 0.6 is 0 Å². The highest BCUT2D eigenvalue weighted by atomic mass is 16.5. The standard InChI is InChI=1S/C21H31N5O2/c1-4-27-17-9-8-16(19-15(2)24-21(23-3)25-20(19)22)14-18(17)28-13-7-12-26-10-5-6-11-26/h8-9,14H,4-7,10-13H2,1-3H3,(H3,22,23,24,25). The zero-order valence-electron chi connectivity index (χ0n) is 17.1. The van der Waals surface area contributed by atoms with E-state index in [4.69, 9.17) is 15.2 Å². The van der Waals surface area contributed by atoms with E-state index >= 15 is 0 Å². The summed E-state index contributed by atoms with van der Waals surface area (Å²) in [6, 6.07) is 5.88. The molecule has 3 N–H and O–H groups in total. The Kier molecular flexibility index (Phi) is 6.92. The molecule has 1 aromatic carbocycles. The first-order chi connectivity index (χ1) is 13.6. The summed E-state index contributed by atoms with van der Waals surface area (Å²) in [5.41, 5.74) is 8.77. The van der Waals surface area contributed by atoms with E-state index in [1.807, 2.05) is 32.0 Å². The molecule has 1 fully saturated rings. The van der Waals surface area contributed by atoms with Gasteiger partial charge in [0.25, 0.3) is 0 Å². The van der Waals surface area contributed by atoms with E-state index in [2.05, 4.69) is 20.2 Å². The molecule has 1 aromatic heterocycles. The molecule has 0 amide bonds. The Bertz CT molecular complexity index is 767. The van der Waals surface area contributed by atoms with Gasteiger partial charge in [0.1, 0.15) is 5.82 Å². The second-order valence-corrected chi connectivity index (χ2v) is 6.99.